The van der Waals surface area contributed by atoms with Crippen molar-refractivity contribution in [3.05, 3.63) is 12.4 Å². The SMILES string of the molecule is CCCNc1cncc(NCC2(C(C)C)CC2)n1. The third-order valence-electron chi connectivity index (χ3n) is 3.93. The molecule has 1 fully saturated rings. The number of nitrogens with zero attached hydrogens (tertiary/aromatic N) is 2. The minimum Gasteiger partial charge on any atom is -0.369 e. The summed E-state index contributed by atoms with van der Waals surface area (Å²) in [5, 5.41) is 6.69. The summed E-state index contributed by atoms with van der Waals surface area (Å²) in [6.45, 7) is 8.70. The lowest BCUT2D eigenvalue weighted by Gasteiger charge is -2.20. The van der Waals surface area contributed by atoms with Gasteiger partial charge < -0.3 is 10.6 Å². The summed E-state index contributed by atoms with van der Waals surface area (Å²) in [4.78, 5) is 8.73. The molecule has 2 N–H and O–H groups in total. The van der Waals surface area contributed by atoms with Crippen LogP contribution in [0, 0.1) is 11.3 Å². The Labute approximate surface area is 110 Å². The maximum atomic E-state index is 4.52. The van der Waals surface area contributed by atoms with Crippen molar-refractivity contribution in [3.63, 3.8) is 0 Å². The van der Waals surface area contributed by atoms with Crippen molar-refractivity contribution in [3.8, 4) is 0 Å². The number of hydrogen-bond acceptors (Lipinski definition) is 4. The molecule has 1 aliphatic rings. The number of anilines is 2. The molecule has 0 saturated heterocycles. The van der Waals surface area contributed by atoms with E-state index in [1.807, 2.05) is 0 Å². The maximum absolute atomic E-state index is 4.52. The summed E-state index contributed by atoms with van der Waals surface area (Å²) < 4.78 is 0. The fraction of sp³-hybridized carbons (Fsp3) is 0.714. The van der Waals surface area contributed by atoms with Crippen LogP contribution in [-0.4, -0.2) is 23.1 Å². The van der Waals surface area contributed by atoms with Crippen molar-refractivity contribution >= 4 is 11.6 Å². The molecule has 1 heterocycles. The first-order chi connectivity index (χ1) is 8.66. The Morgan fingerprint density at radius 2 is 1.89 bits per heavy atom. The third-order valence-corrected chi connectivity index (χ3v) is 3.93. The van der Waals surface area contributed by atoms with E-state index in [2.05, 4.69) is 41.4 Å². The first kappa shape index (κ1) is 13.1. The fourth-order valence-electron chi connectivity index (χ4n) is 2.17. The van der Waals surface area contributed by atoms with E-state index >= 15 is 0 Å². The molecule has 0 bridgehead atoms. The topological polar surface area (TPSA) is 49.8 Å². The largest absolute Gasteiger partial charge is 0.369 e. The molecule has 1 saturated carbocycles. The molecule has 0 aromatic carbocycles. The molecule has 1 aliphatic carbocycles. The Morgan fingerprint density at radius 1 is 1.22 bits per heavy atom. The maximum Gasteiger partial charge on any atom is 0.146 e. The zero-order valence-electron chi connectivity index (χ0n) is 11.7. The molecule has 0 radical (unpaired) electrons. The molecule has 4 nitrogen and oxygen atoms in total. The van der Waals surface area contributed by atoms with Gasteiger partial charge in [0.2, 0.25) is 0 Å². The zero-order valence-corrected chi connectivity index (χ0v) is 11.7. The zero-order chi connectivity index (χ0) is 13.0. The molecule has 2 rings (SSSR count). The molecule has 0 atom stereocenters. The number of hydrogen-bond donors (Lipinski definition) is 2. The molecule has 4 heteroatoms. The van der Waals surface area contributed by atoms with Crippen LogP contribution in [0.15, 0.2) is 12.4 Å². The van der Waals surface area contributed by atoms with Crippen LogP contribution in [-0.2, 0) is 0 Å². The van der Waals surface area contributed by atoms with Crippen LogP contribution in [0.5, 0.6) is 0 Å². The number of nitrogens with one attached hydrogen (secondary N) is 2. The minimum atomic E-state index is 0.495. The van der Waals surface area contributed by atoms with Crippen LogP contribution in [0.3, 0.4) is 0 Å². The smallest absolute Gasteiger partial charge is 0.146 e. The summed E-state index contributed by atoms with van der Waals surface area (Å²) in [6, 6.07) is 0. The standard InChI is InChI=1S/C14H24N4/c1-4-7-16-12-8-15-9-13(18-12)17-10-14(5-6-14)11(2)3/h8-9,11H,4-7,10H2,1-3H3,(H2,16,17,18). The van der Waals surface area contributed by atoms with Gasteiger partial charge in [0.25, 0.3) is 0 Å². The highest BCUT2D eigenvalue weighted by Gasteiger charge is 2.44. The van der Waals surface area contributed by atoms with Crippen LogP contribution >= 0.6 is 0 Å². The van der Waals surface area contributed by atoms with Crippen LogP contribution in [0.1, 0.15) is 40.0 Å². The summed E-state index contributed by atoms with van der Waals surface area (Å²) in [5.74, 6) is 2.47. The molecule has 0 aliphatic heterocycles. The summed E-state index contributed by atoms with van der Waals surface area (Å²) in [7, 11) is 0. The normalized spacial score (nSPS) is 16.7. The predicted molar refractivity (Wildman–Crippen MR) is 75.8 cm³/mol. The monoisotopic (exact) mass is 248 g/mol. The van der Waals surface area contributed by atoms with E-state index in [1.165, 1.54) is 12.8 Å². The summed E-state index contributed by atoms with van der Waals surface area (Å²) in [5.41, 5.74) is 0.495. The number of aromatic nitrogens is 2. The van der Waals surface area contributed by atoms with E-state index < -0.39 is 0 Å². The average molecular weight is 248 g/mol. The van der Waals surface area contributed by atoms with Gasteiger partial charge in [-0.15, -0.1) is 0 Å². The highest BCUT2D eigenvalue weighted by atomic mass is 15.1. The van der Waals surface area contributed by atoms with E-state index in [1.54, 1.807) is 12.4 Å². The van der Waals surface area contributed by atoms with Crippen LogP contribution in [0.2, 0.25) is 0 Å². The highest BCUT2D eigenvalue weighted by molar-refractivity contribution is 5.41. The average Bonchev–Trinajstić information content (AvgIpc) is 3.16. The summed E-state index contributed by atoms with van der Waals surface area (Å²) in [6.07, 6.45) is 7.33. The van der Waals surface area contributed by atoms with Gasteiger partial charge in [0.15, 0.2) is 0 Å². The van der Waals surface area contributed by atoms with Crippen molar-refractivity contribution in [2.24, 2.45) is 11.3 Å². The van der Waals surface area contributed by atoms with Gasteiger partial charge in [0.05, 0.1) is 12.4 Å². The van der Waals surface area contributed by atoms with E-state index in [0.29, 0.717) is 5.41 Å². The van der Waals surface area contributed by atoms with Crippen molar-refractivity contribution in [2.75, 3.05) is 23.7 Å². The second-order valence-corrected chi connectivity index (χ2v) is 5.59. The molecule has 0 unspecified atom stereocenters. The van der Waals surface area contributed by atoms with E-state index in [4.69, 9.17) is 0 Å². The highest BCUT2D eigenvalue weighted by Crippen LogP contribution is 2.51. The summed E-state index contributed by atoms with van der Waals surface area (Å²) >= 11 is 0. The third kappa shape index (κ3) is 3.12. The molecule has 100 valence electrons. The van der Waals surface area contributed by atoms with Crippen LogP contribution < -0.4 is 10.6 Å². The van der Waals surface area contributed by atoms with Gasteiger partial charge in [0, 0.05) is 13.1 Å². The lowest BCUT2D eigenvalue weighted by molar-refractivity contribution is 0.380. The first-order valence-corrected chi connectivity index (χ1v) is 6.96. The van der Waals surface area contributed by atoms with Crippen molar-refractivity contribution in [2.45, 2.75) is 40.0 Å². The van der Waals surface area contributed by atoms with Crippen molar-refractivity contribution in [1.82, 2.24) is 9.97 Å². The molecule has 0 amide bonds. The van der Waals surface area contributed by atoms with Gasteiger partial charge >= 0.3 is 0 Å². The van der Waals surface area contributed by atoms with Gasteiger partial charge in [-0.1, -0.05) is 20.8 Å². The lowest BCUT2D eigenvalue weighted by Crippen LogP contribution is -2.21. The molecule has 1 aromatic rings. The minimum absolute atomic E-state index is 0.495. The molecule has 0 spiro atoms. The van der Waals surface area contributed by atoms with E-state index in [9.17, 15) is 0 Å². The Morgan fingerprint density at radius 3 is 2.44 bits per heavy atom. The first-order valence-electron chi connectivity index (χ1n) is 6.96. The van der Waals surface area contributed by atoms with Gasteiger partial charge in [-0.3, -0.25) is 4.98 Å². The van der Waals surface area contributed by atoms with Gasteiger partial charge in [-0.2, -0.15) is 0 Å². The van der Waals surface area contributed by atoms with Gasteiger partial charge in [-0.05, 0) is 30.6 Å². The Bertz CT molecular complexity index is 385. The number of rotatable bonds is 7. The van der Waals surface area contributed by atoms with Crippen molar-refractivity contribution < 1.29 is 0 Å². The van der Waals surface area contributed by atoms with Crippen LogP contribution in [0.4, 0.5) is 11.6 Å². The Balaban J connectivity index is 1.89. The van der Waals surface area contributed by atoms with E-state index in [-0.39, 0.29) is 0 Å². The predicted octanol–water partition coefficient (Wildman–Crippen LogP) is 3.15. The Hall–Kier alpha value is -1.32. The lowest BCUT2D eigenvalue weighted by atomic mass is 9.92. The van der Waals surface area contributed by atoms with Crippen molar-refractivity contribution in [1.29, 1.82) is 0 Å². The molecular formula is C14H24N4. The quantitative estimate of drug-likeness (QED) is 0.778. The molecular weight excluding hydrogens is 224 g/mol. The van der Waals surface area contributed by atoms with E-state index in [0.717, 1.165) is 37.1 Å². The van der Waals surface area contributed by atoms with Gasteiger partial charge in [-0.25, -0.2) is 4.98 Å². The van der Waals surface area contributed by atoms with Crippen LogP contribution in [0.25, 0.3) is 0 Å². The molecule has 1 aromatic heterocycles. The van der Waals surface area contributed by atoms with Gasteiger partial charge in [0.1, 0.15) is 11.6 Å². The second-order valence-electron chi connectivity index (χ2n) is 5.59. The fourth-order valence-corrected chi connectivity index (χ4v) is 2.17. The second kappa shape index (κ2) is 5.55. The Kier molecular flexibility index (Phi) is 4.04. The molecule has 18 heavy (non-hydrogen) atoms.